The Morgan fingerprint density at radius 3 is 2.50 bits per heavy atom. The highest BCUT2D eigenvalue weighted by Gasteiger charge is 2.11. The molecule has 0 unspecified atom stereocenters. The molecule has 1 aliphatic rings. The first-order valence-corrected chi connectivity index (χ1v) is 8.72. The summed E-state index contributed by atoms with van der Waals surface area (Å²) in [5, 5.41) is 3.51. The first-order valence-electron chi connectivity index (χ1n) is 8.72. The topological polar surface area (TPSA) is 12.0 Å². The summed E-state index contributed by atoms with van der Waals surface area (Å²) in [6.45, 7) is 4.52. The number of rotatable bonds is 9. The van der Waals surface area contributed by atoms with Crippen LogP contribution in [0.4, 0.5) is 0 Å². The van der Waals surface area contributed by atoms with E-state index in [0.717, 1.165) is 13.1 Å². The molecule has 0 atom stereocenters. The maximum absolute atomic E-state index is 3.51. The standard InChI is InChI=1S/C19H31N/c1-2-3-4-5-6-7-8-9-11-17-12-10-13-18-14-15-20-16-19(17)18/h10,12-13,20H,2-9,11,14-16H2,1H3. The van der Waals surface area contributed by atoms with E-state index in [9.17, 15) is 0 Å². The predicted molar refractivity (Wildman–Crippen MR) is 88.2 cm³/mol. The van der Waals surface area contributed by atoms with E-state index in [4.69, 9.17) is 0 Å². The van der Waals surface area contributed by atoms with Crippen LogP contribution in [0.2, 0.25) is 0 Å². The van der Waals surface area contributed by atoms with Crippen molar-refractivity contribution in [2.24, 2.45) is 0 Å². The Hall–Kier alpha value is -0.820. The summed E-state index contributed by atoms with van der Waals surface area (Å²) < 4.78 is 0. The monoisotopic (exact) mass is 273 g/mol. The van der Waals surface area contributed by atoms with E-state index in [1.54, 1.807) is 16.7 Å². The summed E-state index contributed by atoms with van der Waals surface area (Å²) >= 11 is 0. The van der Waals surface area contributed by atoms with Gasteiger partial charge in [0.05, 0.1) is 0 Å². The lowest BCUT2D eigenvalue weighted by Crippen LogP contribution is -2.24. The van der Waals surface area contributed by atoms with E-state index in [-0.39, 0.29) is 0 Å². The van der Waals surface area contributed by atoms with Crippen LogP contribution in [0.5, 0.6) is 0 Å². The zero-order valence-electron chi connectivity index (χ0n) is 13.2. The summed E-state index contributed by atoms with van der Waals surface area (Å²) in [5.41, 5.74) is 4.78. The second-order valence-corrected chi connectivity index (χ2v) is 6.21. The van der Waals surface area contributed by atoms with Crippen molar-refractivity contribution in [2.45, 2.75) is 77.7 Å². The number of hydrogen-bond donors (Lipinski definition) is 1. The summed E-state index contributed by atoms with van der Waals surface area (Å²) in [6.07, 6.45) is 13.8. The van der Waals surface area contributed by atoms with Crippen LogP contribution in [0.3, 0.4) is 0 Å². The Bertz CT molecular complexity index is 383. The molecule has 0 saturated heterocycles. The van der Waals surface area contributed by atoms with Crippen LogP contribution in [0.1, 0.15) is 75.0 Å². The molecular formula is C19H31N. The van der Waals surface area contributed by atoms with Gasteiger partial charge in [0.25, 0.3) is 0 Å². The SMILES string of the molecule is CCCCCCCCCCc1cccc2c1CNCC2. The van der Waals surface area contributed by atoms with Gasteiger partial charge in [-0.25, -0.2) is 0 Å². The lowest BCUT2D eigenvalue weighted by Gasteiger charge is -2.20. The lowest BCUT2D eigenvalue weighted by molar-refractivity contribution is 0.573. The maximum Gasteiger partial charge on any atom is 0.0211 e. The highest BCUT2D eigenvalue weighted by molar-refractivity contribution is 5.37. The molecule has 1 aliphatic heterocycles. The molecule has 112 valence electrons. The van der Waals surface area contributed by atoms with Crippen LogP contribution in [0, 0.1) is 0 Å². The van der Waals surface area contributed by atoms with Crippen LogP contribution in [-0.2, 0) is 19.4 Å². The molecule has 1 nitrogen and oxygen atoms in total. The molecule has 0 fully saturated rings. The number of nitrogens with one attached hydrogen (secondary N) is 1. The minimum absolute atomic E-state index is 1.09. The van der Waals surface area contributed by atoms with Gasteiger partial charge in [0, 0.05) is 6.54 Å². The quantitative estimate of drug-likeness (QED) is 0.623. The van der Waals surface area contributed by atoms with Gasteiger partial charge in [-0.1, -0.05) is 70.1 Å². The molecule has 2 rings (SSSR count). The Labute approximate surface area is 125 Å². The van der Waals surface area contributed by atoms with Crippen molar-refractivity contribution in [3.05, 3.63) is 34.9 Å². The first kappa shape index (κ1) is 15.6. The fourth-order valence-electron chi connectivity index (χ4n) is 3.27. The molecule has 1 heteroatoms. The van der Waals surface area contributed by atoms with Gasteiger partial charge < -0.3 is 5.32 Å². The predicted octanol–water partition coefficient (Wildman–Crippen LogP) is 5.02. The molecule has 0 bridgehead atoms. The number of benzene rings is 1. The molecule has 1 heterocycles. The van der Waals surface area contributed by atoms with E-state index >= 15 is 0 Å². The van der Waals surface area contributed by atoms with Gasteiger partial charge in [0.15, 0.2) is 0 Å². The van der Waals surface area contributed by atoms with E-state index in [2.05, 4.69) is 30.4 Å². The number of hydrogen-bond acceptors (Lipinski definition) is 1. The Morgan fingerprint density at radius 2 is 1.70 bits per heavy atom. The lowest BCUT2D eigenvalue weighted by atomic mass is 9.93. The van der Waals surface area contributed by atoms with E-state index in [1.165, 1.54) is 64.2 Å². The number of fused-ring (bicyclic) bond motifs is 1. The Balaban J connectivity index is 1.64. The minimum atomic E-state index is 1.09. The highest BCUT2D eigenvalue weighted by atomic mass is 14.9. The van der Waals surface area contributed by atoms with Crippen LogP contribution in [-0.4, -0.2) is 6.54 Å². The molecule has 0 aliphatic carbocycles. The molecule has 0 aromatic heterocycles. The molecule has 0 spiro atoms. The Morgan fingerprint density at radius 1 is 0.950 bits per heavy atom. The number of aryl methyl sites for hydroxylation is 1. The van der Waals surface area contributed by atoms with Crippen molar-refractivity contribution in [1.82, 2.24) is 5.32 Å². The maximum atomic E-state index is 3.51. The van der Waals surface area contributed by atoms with Crippen LogP contribution in [0.15, 0.2) is 18.2 Å². The molecule has 20 heavy (non-hydrogen) atoms. The molecule has 1 N–H and O–H groups in total. The summed E-state index contributed by atoms with van der Waals surface area (Å²) in [5.74, 6) is 0. The fourth-order valence-corrected chi connectivity index (χ4v) is 3.27. The second-order valence-electron chi connectivity index (χ2n) is 6.21. The minimum Gasteiger partial charge on any atom is -0.312 e. The van der Waals surface area contributed by atoms with Crippen molar-refractivity contribution >= 4 is 0 Å². The van der Waals surface area contributed by atoms with E-state index in [1.807, 2.05) is 0 Å². The van der Waals surface area contributed by atoms with Gasteiger partial charge in [-0.15, -0.1) is 0 Å². The van der Waals surface area contributed by atoms with Crippen molar-refractivity contribution in [1.29, 1.82) is 0 Å². The average Bonchev–Trinajstić information content (AvgIpc) is 2.50. The van der Waals surface area contributed by atoms with Crippen LogP contribution >= 0.6 is 0 Å². The first-order chi connectivity index (χ1) is 9.92. The largest absolute Gasteiger partial charge is 0.312 e. The number of unbranched alkanes of at least 4 members (excludes halogenated alkanes) is 7. The summed E-state index contributed by atoms with van der Waals surface area (Å²) in [4.78, 5) is 0. The molecule has 0 saturated carbocycles. The van der Waals surface area contributed by atoms with E-state index in [0.29, 0.717) is 0 Å². The molecule has 1 aromatic rings. The van der Waals surface area contributed by atoms with Crippen LogP contribution < -0.4 is 5.32 Å². The summed E-state index contributed by atoms with van der Waals surface area (Å²) in [7, 11) is 0. The van der Waals surface area contributed by atoms with Crippen molar-refractivity contribution < 1.29 is 0 Å². The van der Waals surface area contributed by atoms with Crippen molar-refractivity contribution in [3.8, 4) is 0 Å². The molecule has 0 radical (unpaired) electrons. The fraction of sp³-hybridized carbons (Fsp3) is 0.684. The van der Waals surface area contributed by atoms with Gasteiger partial charge in [-0.2, -0.15) is 0 Å². The highest BCUT2D eigenvalue weighted by Crippen LogP contribution is 2.20. The second kappa shape index (κ2) is 9.18. The van der Waals surface area contributed by atoms with Gasteiger partial charge in [-0.3, -0.25) is 0 Å². The van der Waals surface area contributed by atoms with Crippen LogP contribution in [0.25, 0.3) is 0 Å². The molecule has 0 amide bonds. The van der Waals surface area contributed by atoms with Crippen molar-refractivity contribution in [2.75, 3.05) is 6.54 Å². The van der Waals surface area contributed by atoms with Gasteiger partial charge in [0.1, 0.15) is 0 Å². The van der Waals surface area contributed by atoms with Crippen molar-refractivity contribution in [3.63, 3.8) is 0 Å². The molecular weight excluding hydrogens is 242 g/mol. The zero-order valence-corrected chi connectivity index (χ0v) is 13.2. The van der Waals surface area contributed by atoms with E-state index < -0.39 is 0 Å². The Kier molecular flexibility index (Phi) is 7.14. The summed E-state index contributed by atoms with van der Waals surface area (Å²) in [6, 6.07) is 6.91. The average molecular weight is 273 g/mol. The van der Waals surface area contributed by atoms with Gasteiger partial charge in [-0.05, 0) is 42.5 Å². The third-order valence-electron chi connectivity index (χ3n) is 4.54. The van der Waals surface area contributed by atoms with Gasteiger partial charge >= 0.3 is 0 Å². The third-order valence-corrected chi connectivity index (χ3v) is 4.54. The zero-order chi connectivity index (χ0) is 14.0. The smallest absolute Gasteiger partial charge is 0.0211 e. The molecule has 1 aromatic carbocycles. The third kappa shape index (κ3) is 4.94. The van der Waals surface area contributed by atoms with Gasteiger partial charge in [0.2, 0.25) is 0 Å². The normalized spacial score (nSPS) is 14.2.